The fraction of sp³-hybridized carbons (Fsp3) is 0.467. The maximum Gasteiger partial charge on any atom is 0.0777 e. The molecule has 0 amide bonds. The van der Waals surface area contributed by atoms with Crippen molar-refractivity contribution in [1.82, 2.24) is 15.0 Å². The molecule has 0 fully saturated rings. The van der Waals surface area contributed by atoms with Gasteiger partial charge in [0.05, 0.1) is 31.1 Å². The first-order valence-corrected chi connectivity index (χ1v) is 7.06. The number of rotatable bonds is 9. The van der Waals surface area contributed by atoms with Crippen LogP contribution in [-0.4, -0.2) is 35.3 Å². The molecule has 0 saturated carbocycles. The Morgan fingerprint density at radius 2 is 2.10 bits per heavy atom. The normalized spacial score (nSPS) is 12.5. The number of ether oxygens (including phenoxy) is 2. The van der Waals surface area contributed by atoms with Crippen molar-refractivity contribution in [3.8, 4) is 0 Å². The zero-order chi connectivity index (χ0) is 14.9. The van der Waals surface area contributed by atoms with Gasteiger partial charge >= 0.3 is 0 Å². The molecule has 0 aliphatic carbocycles. The Morgan fingerprint density at radius 3 is 2.86 bits per heavy atom. The molecule has 0 bridgehead atoms. The monoisotopic (exact) mass is 290 g/mol. The molecular weight excluding hydrogens is 268 g/mol. The lowest BCUT2D eigenvalue weighted by molar-refractivity contribution is 0.114. The van der Waals surface area contributed by atoms with Gasteiger partial charge in [0, 0.05) is 20.3 Å². The number of aromatic nitrogens is 3. The minimum absolute atomic E-state index is 0.199. The van der Waals surface area contributed by atoms with Crippen molar-refractivity contribution < 1.29 is 9.47 Å². The number of hydrogen-bond donors (Lipinski definition) is 1. The van der Waals surface area contributed by atoms with E-state index in [1.165, 1.54) is 5.56 Å². The van der Waals surface area contributed by atoms with Crippen LogP contribution in [0.5, 0.6) is 0 Å². The molecule has 0 radical (unpaired) electrons. The van der Waals surface area contributed by atoms with Crippen molar-refractivity contribution in [2.24, 2.45) is 5.73 Å². The molecule has 114 valence electrons. The number of nitrogens with two attached hydrogens (primary N) is 1. The van der Waals surface area contributed by atoms with Crippen LogP contribution in [0.15, 0.2) is 36.5 Å². The van der Waals surface area contributed by atoms with E-state index in [0.717, 1.165) is 18.7 Å². The van der Waals surface area contributed by atoms with E-state index >= 15 is 0 Å². The number of hydrogen-bond acceptors (Lipinski definition) is 5. The smallest absolute Gasteiger partial charge is 0.0777 e. The maximum atomic E-state index is 6.00. The highest BCUT2D eigenvalue weighted by Gasteiger charge is 2.12. The number of benzene rings is 1. The van der Waals surface area contributed by atoms with Crippen LogP contribution < -0.4 is 5.73 Å². The average Bonchev–Trinajstić information content (AvgIpc) is 2.97. The first-order chi connectivity index (χ1) is 10.3. The number of methoxy groups -OCH3 is 1. The van der Waals surface area contributed by atoms with Gasteiger partial charge in [-0.05, 0) is 12.0 Å². The van der Waals surface area contributed by atoms with E-state index in [0.29, 0.717) is 19.8 Å². The summed E-state index contributed by atoms with van der Waals surface area (Å²) in [6.07, 6.45) is 2.55. The van der Waals surface area contributed by atoms with Crippen molar-refractivity contribution in [2.45, 2.75) is 25.6 Å². The van der Waals surface area contributed by atoms with E-state index in [2.05, 4.69) is 22.4 Å². The molecule has 1 aromatic heterocycles. The molecule has 0 aliphatic rings. The fourth-order valence-electron chi connectivity index (χ4n) is 2.07. The number of aryl methyl sites for hydroxylation is 1. The van der Waals surface area contributed by atoms with Crippen molar-refractivity contribution in [3.63, 3.8) is 0 Å². The average molecular weight is 290 g/mol. The largest absolute Gasteiger partial charge is 0.383 e. The minimum Gasteiger partial charge on any atom is -0.383 e. The summed E-state index contributed by atoms with van der Waals surface area (Å²) < 4.78 is 12.5. The zero-order valence-corrected chi connectivity index (χ0v) is 12.3. The van der Waals surface area contributed by atoms with Gasteiger partial charge in [-0.1, -0.05) is 35.5 Å². The summed E-state index contributed by atoms with van der Waals surface area (Å²) >= 11 is 0. The van der Waals surface area contributed by atoms with E-state index in [4.69, 9.17) is 15.2 Å². The second kappa shape index (κ2) is 8.51. The Balaban J connectivity index is 1.70. The molecular formula is C15H22N4O2. The Labute approximate surface area is 124 Å². The van der Waals surface area contributed by atoms with Gasteiger partial charge in [0.15, 0.2) is 0 Å². The van der Waals surface area contributed by atoms with Gasteiger partial charge in [0.1, 0.15) is 0 Å². The van der Waals surface area contributed by atoms with Crippen molar-refractivity contribution in [3.05, 3.63) is 47.8 Å². The summed E-state index contributed by atoms with van der Waals surface area (Å²) in [5.74, 6) is 0. The Hall–Kier alpha value is -1.76. The summed E-state index contributed by atoms with van der Waals surface area (Å²) in [4.78, 5) is 0. The highest BCUT2D eigenvalue weighted by atomic mass is 16.5. The Morgan fingerprint density at radius 1 is 1.29 bits per heavy atom. The molecule has 2 aromatic rings. The quantitative estimate of drug-likeness (QED) is 0.709. The van der Waals surface area contributed by atoms with Gasteiger partial charge in [-0.3, -0.25) is 0 Å². The van der Waals surface area contributed by atoms with Crippen LogP contribution in [-0.2, 0) is 22.6 Å². The molecule has 0 saturated heterocycles. The predicted octanol–water partition coefficient (Wildman–Crippen LogP) is 1.53. The summed E-state index contributed by atoms with van der Waals surface area (Å²) in [6, 6.07) is 9.93. The summed E-state index contributed by atoms with van der Waals surface area (Å²) in [5, 5.41) is 7.96. The number of nitrogens with zero attached hydrogens (tertiary/aromatic N) is 3. The second-order valence-electron chi connectivity index (χ2n) is 4.84. The Kier molecular flexibility index (Phi) is 6.33. The van der Waals surface area contributed by atoms with E-state index in [-0.39, 0.29) is 6.04 Å². The lowest BCUT2D eigenvalue weighted by Gasteiger charge is -2.12. The standard InChI is InChI=1S/C15H22N4O2/c1-20-12-14(16)15-10-17-18-19(15)8-5-9-21-11-13-6-3-2-4-7-13/h2-4,6-7,10,14H,5,8-9,11-12,16H2,1H3/t14-/m1/s1. The van der Waals surface area contributed by atoms with E-state index in [1.807, 2.05) is 22.9 Å². The third kappa shape index (κ3) is 4.93. The van der Waals surface area contributed by atoms with Crippen LogP contribution >= 0.6 is 0 Å². The van der Waals surface area contributed by atoms with Crippen molar-refractivity contribution in [2.75, 3.05) is 20.3 Å². The molecule has 2 rings (SSSR count). The van der Waals surface area contributed by atoms with Crippen molar-refractivity contribution in [1.29, 1.82) is 0 Å². The van der Waals surface area contributed by atoms with Gasteiger partial charge in [0.2, 0.25) is 0 Å². The van der Waals surface area contributed by atoms with E-state index in [9.17, 15) is 0 Å². The van der Waals surface area contributed by atoms with Crippen LogP contribution in [0.4, 0.5) is 0 Å². The SMILES string of the molecule is COC[C@@H](N)c1cnnn1CCCOCc1ccccc1. The van der Waals surface area contributed by atoms with Crippen LogP contribution in [0.25, 0.3) is 0 Å². The molecule has 21 heavy (non-hydrogen) atoms. The van der Waals surface area contributed by atoms with Crippen LogP contribution in [0.3, 0.4) is 0 Å². The molecule has 6 heteroatoms. The van der Waals surface area contributed by atoms with Crippen LogP contribution in [0, 0.1) is 0 Å². The van der Waals surface area contributed by atoms with Gasteiger partial charge in [0.25, 0.3) is 0 Å². The highest BCUT2D eigenvalue weighted by Crippen LogP contribution is 2.09. The van der Waals surface area contributed by atoms with Crippen LogP contribution in [0.2, 0.25) is 0 Å². The maximum absolute atomic E-state index is 6.00. The molecule has 1 atom stereocenters. The minimum atomic E-state index is -0.199. The highest BCUT2D eigenvalue weighted by molar-refractivity contribution is 5.13. The molecule has 1 heterocycles. The van der Waals surface area contributed by atoms with Crippen LogP contribution in [0.1, 0.15) is 23.7 Å². The van der Waals surface area contributed by atoms with E-state index in [1.54, 1.807) is 13.3 Å². The lowest BCUT2D eigenvalue weighted by Crippen LogP contribution is -2.21. The second-order valence-corrected chi connectivity index (χ2v) is 4.84. The van der Waals surface area contributed by atoms with Gasteiger partial charge in [-0.25, -0.2) is 4.68 Å². The fourth-order valence-corrected chi connectivity index (χ4v) is 2.07. The van der Waals surface area contributed by atoms with Gasteiger partial charge in [-0.15, -0.1) is 5.10 Å². The molecule has 0 unspecified atom stereocenters. The molecule has 6 nitrogen and oxygen atoms in total. The van der Waals surface area contributed by atoms with Gasteiger partial charge < -0.3 is 15.2 Å². The van der Waals surface area contributed by atoms with Crippen molar-refractivity contribution >= 4 is 0 Å². The predicted molar refractivity (Wildman–Crippen MR) is 79.5 cm³/mol. The molecule has 1 aromatic carbocycles. The van der Waals surface area contributed by atoms with E-state index < -0.39 is 0 Å². The lowest BCUT2D eigenvalue weighted by atomic mass is 10.2. The Bertz CT molecular complexity index is 515. The summed E-state index contributed by atoms with van der Waals surface area (Å²) in [7, 11) is 1.63. The first kappa shape index (κ1) is 15.6. The summed E-state index contributed by atoms with van der Waals surface area (Å²) in [5.41, 5.74) is 8.07. The molecule has 2 N–H and O–H groups in total. The topological polar surface area (TPSA) is 75.2 Å². The third-order valence-corrected chi connectivity index (χ3v) is 3.14. The molecule has 0 aliphatic heterocycles. The third-order valence-electron chi connectivity index (χ3n) is 3.14. The summed E-state index contributed by atoms with van der Waals surface area (Å²) in [6.45, 7) is 2.50. The molecule has 0 spiro atoms. The van der Waals surface area contributed by atoms with Gasteiger partial charge in [-0.2, -0.15) is 0 Å². The zero-order valence-electron chi connectivity index (χ0n) is 12.3. The first-order valence-electron chi connectivity index (χ1n) is 7.06.